The van der Waals surface area contributed by atoms with E-state index in [1.54, 1.807) is 0 Å². The third-order valence-electron chi connectivity index (χ3n) is 4.55. The lowest BCUT2D eigenvalue weighted by atomic mass is 10.0. The molecule has 2 saturated heterocycles. The Hall–Kier alpha value is -1.06. The second-order valence-electron chi connectivity index (χ2n) is 6.04. The summed E-state index contributed by atoms with van der Waals surface area (Å²) in [7, 11) is 0. The molecular formula is C15H26N2O2. The van der Waals surface area contributed by atoms with Gasteiger partial charge in [0.1, 0.15) is 6.42 Å². The van der Waals surface area contributed by atoms with Crippen LogP contribution in [0.25, 0.3) is 0 Å². The van der Waals surface area contributed by atoms with Crippen LogP contribution in [0.3, 0.4) is 0 Å². The monoisotopic (exact) mass is 266 g/mol. The number of rotatable bonds is 2. The van der Waals surface area contributed by atoms with E-state index in [0.717, 1.165) is 38.8 Å². The van der Waals surface area contributed by atoms with Crippen LogP contribution in [0.5, 0.6) is 0 Å². The van der Waals surface area contributed by atoms with E-state index >= 15 is 0 Å². The van der Waals surface area contributed by atoms with Gasteiger partial charge in [0.05, 0.1) is 0 Å². The molecule has 108 valence electrons. The van der Waals surface area contributed by atoms with Gasteiger partial charge in [0.2, 0.25) is 11.8 Å². The van der Waals surface area contributed by atoms with E-state index in [0.29, 0.717) is 12.1 Å². The summed E-state index contributed by atoms with van der Waals surface area (Å²) in [5.41, 5.74) is 0. The van der Waals surface area contributed by atoms with Crippen LogP contribution in [0, 0.1) is 0 Å². The molecule has 0 N–H and O–H groups in total. The number of nitrogens with zero attached hydrogens (tertiary/aromatic N) is 2. The Balaban J connectivity index is 1.88. The Morgan fingerprint density at radius 2 is 1.26 bits per heavy atom. The van der Waals surface area contributed by atoms with Crippen LogP contribution in [0.15, 0.2) is 0 Å². The fourth-order valence-electron chi connectivity index (χ4n) is 3.27. The maximum Gasteiger partial charge on any atom is 0.232 e. The van der Waals surface area contributed by atoms with Gasteiger partial charge in [0.15, 0.2) is 0 Å². The molecule has 2 heterocycles. The second-order valence-corrected chi connectivity index (χ2v) is 6.04. The fourth-order valence-corrected chi connectivity index (χ4v) is 3.27. The molecule has 2 aliphatic rings. The Morgan fingerprint density at radius 3 is 1.63 bits per heavy atom. The predicted molar refractivity (Wildman–Crippen MR) is 74.7 cm³/mol. The first kappa shape index (κ1) is 14.4. The summed E-state index contributed by atoms with van der Waals surface area (Å²) in [6.07, 6.45) is 6.74. The van der Waals surface area contributed by atoms with Crippen molar-refractivity contribution in [1.29, 1.82) is 0 Å². The molecule has 2 fully saturated rings. The normalized spacial score (nSPS) is 28.3. The number of hydrogen-bond donors (Lipinski definition) is 0. The molecule has 2 rings (SSSR count). The standard InChI is InChI=1S/C15H26N2O2/c1-12-7-3-5-9-16(12)14(18)11-15(19)17-10-6-4-8-13(17)2/h12-13H,3-11H2,1-2H3. The summed E-state index contributed by atoms with van der Waals surface area (Å²) < 4.78 is 0. The highest BCUT2D eigenvalue weighted by atomic mass is 16.2. The van der Waals surface area contributed by atoms with Crippen molar-refractivity contribution in [1.82, 2.24) is 9.80 Å². The number of carbonyl (C=O) groups excluding carboxylic acids is 2. The zero-order valence-corrected chi connectivity index (χ0v) is 12.2. The summed E-state index contributed by atoms with van der Waals surface area (Å²) in [6, 6.07) is 0.598. The van der Waals surface area contributed by atoms with Crippen LogP contribution in [-0.2, 0) is 9.59 Å². The highest BCUT2D eigenvalue weighted by molar-refractivity contribution is 5.97. The Labute approximate surface area is 116 Å². The minimum absolute atomic E-state index is 0.0231. The van der Waals surface area contributed by atoms with Gasteiger partial charge in [-0.25, -0.2) is 0 Å². The predicted octanol–water partition coefficient (Wildman–Crippen LogP) is 2.18. The lowest BCUT2D eigenvalue weighted by Crippen LogP contribution is -2.47. The maximum absolute atomic E-state index is 12.2. The van der Waals surface area contributed by atoms with Crippen molar-refractivity contribution < 1.29 is 9.59 Å². The van der Waals surface area contributed by atoms with Crippen LogP contribution in [-0.4, -0.2) is 46.8 Å². The first-order valence-corrected chi connectivity index (χ1v) is 7.68. The summed E-state index contributed by atoms with van der Waals surface area (Å²) in [4.78, 5) is 28.3. The number of likely N-dealkylation sites (tertiary alicyclic amines) is 2. The molecule has 4 heteroatoms. The summed E-state index contributed by atoms with van der Waals surface area (Å²) in [5, 5.41) is 0. The average Bonchev–Trinajstić information content (AvgIpc) is 2.39. The van der Waals surface area contributed by atoms with Gasteiger partial charge in [-0.2, -0.15) is 0 Å². The van der Waals surface area contributed by atoms with Gasteiger partial charge in [0.25, 0.3) is 0 Å². The molecule has 0 aliphatic carbocycles. The van der Waals surface area contributed by atoms with Crippen molar-refractivity contribution in [3.05, 3.63) is 0 Å². The quantitative estimate of drug-likeness (QED) is 0.719. The van der Waals surface area contributed by atoms with E-state index in [4.69, 9.17) is 0 Å². The van der Waals surface area contributed by atoms with E-state index in [-0.39, 0.29) is 18.2 Å². The van der Waals surface area contributed by atoms with Crippen LogP contribution >= 0.6 is 0 Å². The van der Waals surface area contributed by atoms with E-state index in [2.05, 4.69) is 13.8 Å². The Morgan fingerprint density at radius 1 is 0.842 bits per heavy atom. The smallest absolute Gasteiger partial charge is 0.232 e. The first-order valence-electron chi connectivity index (χ1n) is 7.68. The van der Waals surface area contributed by atoms with Crippen LogP contribution in [0.1, 0.15) is 58.8 Å². The van der Waals surface area contributed by atoms with E-state index in [1.807, 2.05) is 9.80 Å². The SMILES string of the molecule is CC1CCCCN1C(=O)CC(=O)N1CCCCC1C. The van der Waals surface area contributed by atoms with Crippen molar-refractivity contribution in [2.24, 2.45) is 0 Å². The van der Waals surface area contributed by atoms with Crippen molar-refractivity contribution in [3.63, 3.8) is 0 Å². The molecule has 0 radical (unpaired) electrons. The van der Waals surface area contributed by atoms with Crippen LogP contribution in [0.2, 0.25) is 0 Å². The van der Waals surface area contributed by atoms with Gasteiger partial charge in [0, 0.05) is 25.2 Å². The van der Waals surface area contributed by atoms with Crippen molar-refractivity contribution in [3.8, 4) is 0 Å². The summed E-state index contributed by atoms with van der Waals surface area (Å²) >= 11 is 0. The third-order valence-corrected chi connectivity index (χ3v) is 4.55. The van der Waals surface area contributed by atoms with Gasteiger partial charge in [-0.15, -0.1) is 0 Å². The van der Waals surface area contributed by atoms with Gasteiger partial charge in [-0.05, 0) is 52.4 Å². The van der Waals surface area contributed by atoms with Gasteiger partial charge < -0.3 is 9.80 Å². The number of hydrogen-bond acceptors (Lipinski definition) is 2. The lowest BCUT2D eigenvalue weighted by molar-refractivity contribution is -0.144. The summed E-state index contributed by atoms with van der Waals surface area (Å²) in [6.45, 7) is 5.82. The van der Waals surface area contributed by atoms with Crippen molar-refractivity contribution >= 4 is 11.8 Å². The average molecular weight is 266 g/mol. The molecule has 2 aliphatic heterocycles. The molecule has 19 heavy (non-hydrogen) atoms. The zero-order chi connectivity index (χ0) is 13.8. The van der Waals surface area contributed by atoms with Crippen LogP contribution < -0.4 is 0 Å². The summed E-state index contributed by atoms with van der Waals surface area (Å²) in [5.74, 6) is 0.0462. The van der Waals surface area contributed by atoms with Gasteiger partial charge >= 0.3 is 0 Å². The number of piperidine rings is 2. The number of carbonyl (C=O) groups is 2. The van der Waals surface area contributed by atoms with Gasteiger partial charge in [-0.3, -0.25) is 9.59 Å². The largest absolute Gasteiger partial charge is 0.340 e. The molecule has 0 bridgehead atoms. The third kappa shape index (κ3) is 3.48. The van der Waals surface area contributed by atoms with E-state index in [1.165, 1.54) is 12.8 Å². The molecule has 2 amide bonds. The molecule has 4 nitrogen and oxygen atoms in total. The highest BCUT2D eigenvalue weighted by Crippen LogP contribution is 2.20. The fraction of sp³-hybridized carbons (Fsp3) is 0.867. The molecular weight excluding hydrogens is 240 g/mol. The minimum Gasteiger partial charge on any atom is -0.340 e. The molecule has 0 saturated carbocycles. The maximum atomic E-state index is 12.2. The lowest BCUT2D eigenvalue weighted by Gasteiger charge is -2.36. The molecule has 0 aromatic carbocycles. The topological polar surface area (TPSA) is 40.6 Å². The van der Waals surface area contributed by atoms with Crippen LogP contribution in [0.4, 0.5) is 0 Å². The van der Waals surface area contributed by atoms with Gasteiger partial charge in [-0.1, -0.05) is 0 Å². The minimum atomic E-state index is 0.0231. The van der Waals surface area contributed by atoms with Crippen molar-refractivity contribution in [2.75, 3.05) is 13.1 Å². The molecule has 0 spiro atoms. The Kier molecular flexibility index (Phi) is 4.83. The highest BCUT2D eigenvalue weighted by Gasteiger charge is 2.29. The Bertz CT molecular complexity index is 311. The molecule has 2 atom stereocenters. The molecule has 0 aromatic rings. The zero-order valence-electron chi connectivity index (χ0n) is 12.2. The molecule has 2 unspecified atom stereocenters. The first-order chi connectivity index (χ1) is 9.09. The van der Waals surface area contributed by atoms with Crippen molar-refractivity contribution in [2.45, 2.75) is 70.9 Å². The van der Waals surface area contributed by atoms with E-state index in [9.17, 15) is 9.59 Å². The number of amides is 2. The second kappa shape index (κ2) is 6.40. The van der Waals surface area contributed by atoms with E-state index < -0.39 is 0 Å². The molecule has 0 aromatic heterocycles.